The summed E-state index contributed by atoms with van der Waals surface area (Å²) in [4.78, 5) is 11.9. The number of nitrogens with zero attached hydrogens (tertiary/aromatic N) is 1. The van der Waals surface area contributed by atoms with E-state index in [9.17, 15) is 14.3 Å². The van der Waals surface area contributed by atoms with E-state index in [1.54, 1.807) is 25.1 Å². The van der Waals surface area contributed by atoms with Crippen LogP contribution in [0.2, 0.25) is 0 Å². The predicted octanol–water partition coefficient (Wildman–Crippen LogP) is 4.15. The third kappa shape index (κ3) is 5.27. The maximum absolute atomic E-state index is 12.8. The number of hydrazone groups is 1. The number of amides is 1. The molecule has 0 aliphatic rings. The van der Waals surface area contributed by atoms with Gasteiger partial charge in [0, 0.05) is 10.0 Å². The number of carbonyl (C=O) groups is 1. The summed E-state index contributed by atoms with van der Waals surface area (Å²) in [5, 5.41) is 13.9. The highest BCUT2D eigenvalue weighted by atomic mass is 79.9. The van der Waals surface area contributed by atoms with E-state index >= 15 is 0 Å². The van der Waals surface area contributed by atoms with Gasteiger partial charge in [0.1, 0.15) is 5.82 Å². The number of hydrogen-bond acceptors (Lipinski definition) is 4. The van der Waals surface area contributed by atoms with Gasteiger partial charge in [0.25, 0.3) is 0 Å². The molecular weight excluding hydrogens is 459 g/mol. The molecule has 0 bridgehead atoms. The summed E-state index contributed by atoms with van der Waals surface area (Å²) < 4.78 is 19.2. The molecule has 0 spiro atoms. The van der Waals surface area contributed by atoms with Crippen molar-refractivity contribution in [3.63, 3.8) is 0 Å². The lowest BCUT2D eigenvalue weighted by Gasteiger charge is -2.10. The van der Waals surface area contributed by atoms with Crippen LogP contribution in [0.15, 0.2) is 44.4 Å². The molecule has 2 aromatic rings. The van der Waals surface area contributed by atoms with Crippen LogP contribution in [-0.4, -0.2) is 23.8 Å². The standard InChI is InChI=1S/C17H15Br2FN2O3/c1-2-25-13-8-11(15(18)16(19)17(13)24)9-21-22-14(23)7-10-3-5-12(20)6-4-10/h3-6,8-9,24H,2,7H2,1H3,(H,22,23)/b21-9+. The molecule has 2 rings (SSSR count). The van der Waals surface area contributed by atoms with E-state index in [0.29, 0.717) is 32.4 Å². The van der Waals surface area contributed by atoms with Crippen LogP contribution in [-0.2, 0) is 11.2 Å². The summed E-state index contributed by atoms with van der Waals surface area (Å²) >= 11 is 6.61. The Labute approximate surface area is 161 Å². The summed E-state index contributed by atoms with van der Waals surface area (Å²) in [6.45, 7) is 2.20. The summed E-state index contributed by atoms with van der Waals surface area (Å²) in [6.07, 6.45) is 1.52. The minimum atomic E-state index is -0.352. The number of carbonyl (C=O) groups excluding carboxylic acids is 1. The lowest BCUT2D eigenvalue weighted by Crippen LogP contribution is -2.19. The van der Waals surface area contributed by atoms with E-state index in [4.69, 9.17) is 4.74 Å². The molecule has 0 aromatic heterocycles. The second-order valence-corrected chi connectivity index (χ2v) is 6.56. The number of rotatable bonds is 6. The smallest absolute Gasteiger partial charge is 0.244 e. The van der Waals surface area contributed by atoms with Crippen molar-refractivity contribution >= 4 is 44.0 Å². The highest BCUT2D eigenvalue weighted by Crippen LogP contribution is 2.41. The fourth-order valence-corrected chi connectivity index (χ4v) is 2.80. The summed E-state index contributed by atoms with van der Waals surface area (Å²) in [6, 6.07) is 7.28. The molecular formula is C17H15Br2FN2O3. The van der Waals surface area contributed by atoms with Crippen LogP contribution in [0.5, 0.6) is 11.5 Å². The molecule has 0 aliphatic carbocycles. The van der Waals surface area contributed by atoms with Gasteiger partial charge in [-0.15, -0.1) is 0 Å². The molecule has 0 heterocycles. The van der Waals surface area contributed by atoms with Crippen molar-refractivity contribution in [3.05, 3.63) is 56.2 Å². The van der Waals surface area contributed by atoms with Gasteiger partial charge in [0.05, 0.1) is 23.7 Å². The predicted molar refractivity (Wildman–Crippen MR) is 101 cm³/mol. The second-order valence-electron chi connectivity index (χ2n) is 4.97. The fourth-order valence-electron chi connectivity index (χ4n) is 1.97. The third-order valence-electron chi connectivity index (χ3n) is 3.14. The molecule has 0 saturated heterocycles. The first-order valence-electron chi connectivity index (χ1n) is 7.32. The van der Waals surface area contributed by atoms with E-state index < -0.39 is 0 Å². The number of ether oxygens (including phenoxy) is 1. The van der Waals surface area contributed by atoms with Gasteiger partial charge in [-0.1, -0.05) is 12.1 Å². The van der Waals surface area contributed by atoms with E-state index in [0.717, 1.165) is 0 Å². The number of benzene rings is 2. The van der Waals surface area contributed by atoms with Crippen molar-refractivity contribution in [2.24, 2.45) is 5.10 Å². The molecule has 1 amide bonds. The van der Waals surface area contributed by atoms with Crippen LogP contribution < -0.4 is 10.2 Å². The van der Waals surface area contributed by atoms with Crippen molar-refractivity contribution in [1.82, 2.24) is 5.43 Å². The Morgan fingerprint density at radius 2 is 2.00 bits per heavy atom. The first-order valence-corrected chi connectivity index (χ1v) is 8.91. The van der Waals surface area contributed by atoms with E-state index in [2.05, 4.69) is 42.4 Å². The Hall–Kier alpha value is -1.93. The zero-order valence-electron chi connectivity index (χ0n) is 13.2. The van der Waals surface area contributed by atoms with E-state index in [1.165, 1.54) is 18.3 Å². The average Bonchev–Trinajstić information content (AvgIpc) is 2.59. The van der Waals surface area contributed by atoms with Gasteiger partial charge in [-0.2, -0.15) is 5.10 Å². The van der Waals surface area contributed by atoms with Crippen LogP contribution in [0.4, 0.5) is 4.39 Å². The Morgan fingerprint density at radius 1 is 1.32 bits per heavy atom. The zero-order chi connectivity index (χ0) is 18.4. The highest BCUT2D eigenvalue weighted by molar-refractivity contribution is 9.13. The van der Waals surface area contributed by atoms with Crippen LogP contribution in [0, 0.1) is 5.82 Å². The number of phenols is 1. The molecule has 0 fully saturated rings. The minimum absolute atomic E-state index is 0.0220. The van der Waals surface area contributed by atoms with Gasteiger partial charge >= 0.3 is 0 Å². The van der Waals surface area contributed by atoms with Crippen molar-refractivity contribution < 1.29 is 19.0 Å². The molecule has 0 atom stereocenters. The van der Waals surface area contributed by atoms with Gasteiger partial charge < -0.3 is 9.84 Å². The van der Waals surface area contributed by atoms with Crippen LogP contribution >= 0.6 is 31.9 Å². The molecule has 25 heavy (non-hydrogen) atoms. The van der Waals surface area contributed by atoms with Crippen LogP contribution in [0.3, 0.4) is 0 Å². The molecule has 0 saturated carbocycles. The monoisotopic (exact) mass is 472 g/mol. The van der Waals surface area contributed by atoms with Gasteiger partial charge in [0.15, 0.2) is 11.5 Å². The lowest BCUT2D eigenvalue weighted by atomic mass is 10.1. The number of nitrogens with one attached hydrogen (secondary N) is 1. The number of hydrogen-bond donors (Lipinski definition) is 2. The molecule has 0 unspecified atom stereocenters. The lowest BCUT2D eigenvalue weighted by molar-refractivity contribution is -0.120. The maximum Gasteiger partial charge on any atom is 0.244 e. The normalized spacial score (nSPS) is 10.9. The van der Waals surface area contributed by atoms with Gasteiger partial charge in [-0.3, -0.25) is 4.79 Å². The molecule has 2 N–H and O–H groups in total. The van der Waals surface area contributed by atoms with Gasteiger partial charge in [0.2, 0.25) is 5.91 Å². The van der Waals surface area contributed by atoms with Crippen LogP contribution in [0.1, 0.15) is 18.1 Å². The fraction of sp³-hybridized carbons (Fsp3) is 0.176. The van der Waals surface area contributed by atoms with Crippen molar-refractivity contribution in [2.45, 2.75) is 13.3 Å². The van der Waals surface area contributed by atoms with Gasteiger partial charge in [-0.05, 0) is 62.5 Å². The number of phenolic OH excluding ortho intramolecular Hbond substituents is 1. The molecule has 0 radical (unpaired) electrons. The van der Waals surface area contributed by atoms with Crippen molar-refractivity contribution in [1.29, 1.82) is 0 Å². The SMILES string of the molecule is CCOc1cc(/C=N/NC(=O)Cc2ccc(F)cc2)c(Br)c(Br)c1O. The topological polar surface area (TPSA) is 70.9 Å². The first kappa shape index (κ1) is 19.4. The number of aromatic hydroxyl groups is 1. The number of halogens is 3. The maximum atomic E-state index is 12.8. The average molecular weight is 474 g/mol. The second kappa shape index (κ2) is 8.96. The summed E-state index contributed by atoms with van der Waals surface area (Å²) in [7, 11) is 0. The quantitative estimate of drug-likeness (QED) is 0.489. The minimum Gasteiger partial charge on any atom is -0.503 e. The molecule has 8 heteroatoms. The molecule has 2 aromatic carbocycles. The summed E-state index contributed by atoms with van der Waals surface area (Å²) in [5.74, 6) is -0.403. The summed E-state index contributed by atoms with van der Waals surface area (Å²) in [5.41, 5.74) is 3.69. The Kier molecular flexibility index (Phi) is 6.95. The molecule has 0 aliphatic heterocycles. The largest absolute Gasteiger partial charge is 0.503 e. The molecule has 132 valence electrons. The first-order chi connectivity index (χ1) is 11.9. The third-order valence-corrected chi connectivity index (χ3v) is 5.30. The Bertz CT molecular complexity index is 795. The van der Waals surface area contributed by atoms with Gasteiger partial charge in [-0.25, -0.2) is 9.82 Å². The van der Waals surface area contributed by atoms with E-state index in [-0.39, 0.29) is 23.9 Å². The van der Waals surface area contributed by atoms with Crippen molar-refractivity contribution in [2.75, 3.05) is 6.61 Å². The Morgan fingerprint density at radius 3 is 2.64 bits per heavy atom. The highest BCUT2D eigenvalue weighted by Gasteiger charge is 2.14. The molecule has 5 nitrogen and oxygen atoms in total. The van der Waals surface area contributed by atoms with Crippen molar-refractivity contribution in [3.8, 4) is 11.5 Å². The van der Waals surface area contributed by atoms with E-state index in [1.807, 2.05) is 0 Å². The van der Waals surface area contributed by atoms with Crippen LogP contribution in [0.25, 0.3) is 0 Å². The zero-order valence-corrected chi connectivity index (χ0v) is 16.4. The Balaban J connectivity index is 2.06.